The van der Waals surface area contributed by atoms with Crippen molar-refractivity contribution in [2.75, 3.05) is 0 Å². The highest BCUT2D eigenvalue weighted by Gasteiger charge is 2.52. The van der Waals surface area contributed by atoms with Gasteiger partial charge in [-0.1, -0.05) is 23.7 Å². The van der Waals surface area contributed by atoms with Gasteiger partial charge in [-0.25, -0.2) is 9.78 Å². The van der Waals surface area contributed by atoms with Gasteiger partial charge in [0.2, 0.25) is 5.91 Å². The van der Waals surface area contributed by atoms with E-state index >= 15 is 0 Å². The molecule has 1 atom stereocenters. The molecule has 120 valence electrons. The van der Waals surface area contributed by atoms with E-state index in [4.69, 9.17) is 11.6 Å². The predicted molar refractivity (Wildman–Crippen MR) is 84.2 cm³/mol. The van der Waals surface area contributed by atoms with Crippen LogP contribution >= 0.6 is 11.6 Å². The van der Waals surface area contributed by atoms with Crippen molar-refractivity contribution in [2.45, 2.75) is 30.7 Å². The zero-order valence-corrected chi connectivity index (χ0v) is 13.0. The van der Waals surface area contributed by atoms with Gasteiger partial charge in [-0.05, 0) is 30.5 Å². The quantitative estimate of drug-likeness (QED) is 0.752. The van der Waals surface area contributed by atoms with Gasteiger partial charge in [0, 0.05) is 23.3 Å². The first-order valence-electron chi connectivity index (χ1n) is 7.28. The third kappa shape index (κ3) is 3.22. The Morgan fingerprint density at radius 1 is 1.43 bits per heavy atom. The SMILES string of the molecule is O=C(O)[C@@H](Cc1cnc[nH]1)NC(=O)C1(c2cccc(Cl)c2)CC1. The molecule has 23 heavy (non-hydrogen) atoms. The van der Waals surface area contributed by atoms with Gasteiger partial charge in [-0.2, -0.15) is 0 Å². The minimum Gasteiger partial charge on any atom is -0.480 e. The molecule has 1 aromatic carbocycles. The van der Waals surface area contributed by atoms with E-state index in [0.717, 1.165) is 5.56 Å². The summed E-state index contributed by atoms with van der Waals surface area (Å²) in [6, 6.07) is 6.16. The number of halogens is 1. The molecule has 1 aliphatic rings. The third-order valence-corrected chi connectivity index (χ3v) is 4.38. The number of benzene rings is 1. The van der Waals surface area contributed by atoms with Crippen molar-refractivity contribution in [2.24, 2.45) is 0 Å². The van der Waals surface area contributed by atoms with Gasteiger partial charge in [0.15, 0.2) is 0 Å². The second-order valence-electron chi connectivity index (χ2n) is 5.74. The summed E-state index contributed by atoms with van der Waals surface area (Å²) in [5, 5.41) is 12.6. The van der Waals surface area contributed by atoms with Crippen molar-refractivity contribution in [3.63, 3.8) is 0 Å². The summed E-state index contributed by atoms with van der Waals surface area (Å²) in [6.07, 6.45) is 4.56. The molecule has 0 radical (unpaired) electrons. The lowest BCUT2D eigenvalue weighted by Gasteiger charge is -2.20. The Hall–Kier alpha value is -2.34. The molecule has 1 aliphatic carbocycles. The highest BCUT2D eigenvalue weighted by Crippen LogP contribution is 2.48. The second kappa shape index (κ2) is 6.04. The maximum Gasteiger partial charge on any atom is 0.326 e. The summed E-state index contributed by atoms with van der Waals surface area (Å²) in [5.41, 5.74) is 0.825. The summed E-state index contributed by atoms with van der Waals surface area (Å²) in [5.74, 6) is -1.35. The van der Waals surface area contributed by atoms with Crippen LogP contribution in [-0.2, 0) is 21.4 Å². The minimum atomic E-state index is -1.07. The number of aromatic amines is 1. The van der Waals surface area contributed by atoms with Crippen LogP contribution in [0, 0.1) is 0 Å². The van der Waals surface area contributed by atoms with Crippen LogP contribution in [0.25, 0.3) is 0 Å². The van der Waals surface area contributed by atoms with Crippen LogP contribution in [0.3, 0.4) is 0 Å². The van der Waals surface area contributed by atoms with Crippen molar-refractivity contribution in [3.8, 4) is 0 Å². The van der Waals surface area contributed by atoms with E-state index in [0.29, 0.717) is 23.6 Å². The fourth-order valence-electron chi connectivity index (χ4n) is 2.67. The molecular weight excluding hydrogens is 318 g/mol. The van der Waals surface area contributed by atoms with Gasteiger partial charge in [-0.3, -0.25) is 4.79 Å². The zero-order chi connectivity index (χ0) is 16.4. The number of carbonyl (C=O) groups excluding carboxylic acids is 1. The Morgan fingerprint density at radius 3 is 2.78 bits per heavy atom. The average molecular weight is 334 g/mol. The lowest BCUT2D eigenvalue weighted by Crippen LogP contribution is -2.46. The van der Waals surface area contributed by atoms with E-state index in [1.807, 2.05) is 6.07 Å². The molecule has 0 unspecified atom stereocenters. The Kier molecular flexibility index (Phi) is 4.09. The second-order valence-corrected chi connectivity index (χ2v) is 6.17. The molecule has 1 heterocycles. The van der Waals surface area contributed by atoms with E-state index in [1.165, 1.54) is 6.33 Å². The number of nitrogens with one attached hydrogen (secondary N) is 2. The number of carbonyl (C=O) groups is 2. The largest absolute Gasteiger partial charge is 0.480 e. The summed E-state index contributed by atoms with van der Waals surface area (Å²) in [4.78, 5) is 30.8. The lowest BCUT2D eigenvalue weighted by molar-refractivity contribution is -0.142. The fraction of sp³-hybridized carbons (Fsp3) is 0.312. The van der Waals surface area contributed by atoms with Gasteiger partial charge in [0.25, 0.3) is 0 Å². The smallest absolute Gasteiger partial charge is 0.326 e. The monoisotopic (exact) mass is 333 g/mol. The lowest BCUT2D eigenvalue weighted by atomic mass is 9.94. The normalized spacial score (nSPS) is 16.6. The van der Waals surface area contributed by atoms with Crippen molar-refractivity contribution in [1.29, 1.82) is 0 Å². The Labute approximate surface area is 137 Å². The van der Waals surface area contributed by atoms with E-state index in [9.17, 15) is 14.7 Å². The van der Waals surface area contributed by atoms with Gasteiger partial charge < -0.3 is 15.4 Å². The Balaban J connectivity index is 1.75. The van der Waals surface area contributed by atoms with Crippen LogP contribution in [0.4, 0.5) is 0 Å². The molecule has 1 amide bonds. The number of carboxylic acid groups (broad SMARTS) is 1. The third-order valence-electron chi connectivity index (χ3n) is 4.14. The number of hydrogen-bond donors (Lipinski definition) is 3. The number of nitrogens with zero attached hydrogens (tertiary/aromatic N) is 1. The summed E-state index contributed by atoms with van der Waals surface area (Å²) in [6.45, 7) is 0. The molecule has 2 aromatic rings. The van der Waals surface area contributed by atoms with Crippen LogP contribution in [0.5, 0.6) is 0 Å². The zero-order valence-electron chi connectivity index (χ0n) is 12.3. The van der Waals surface area contributed by atoms with Crippen LogP contribution < -0.4 is 5.32 Å². The molecule has 0 saturated heterocycles. The summed E-state index contributed by atoms with van der Waals surface area (Å²) in [7, 11) is 0. The maximum absolute atomic E-state index is 12.6. The molecule has 0 spiro atoms. The number of carboxylic acids is 1. The fourth-order valence-corrected chi connectivity index (χ4v) is 2.86. The number of aliphatic carboxylic acids is 1. The van der Waals surface area contributed by atoms with Gasteiger partial charge in [0.05, 0.1) is 11.7 Å². The molecular formula is C16H16ClN3O3. The maximum atomic E-state index is 12.6. The van der Waals surface area contributed by atoms with E-state index in [-0.39, 0.29) is 12.3 Å². The minimum absolute atomic E-state index is 0.159. The van der Waals surface area contributed by atoms with Gasteiger partial charge in [0.1, 0.15) is 6.04 Å². The van der Waals surface area contributed by atoms with Crippen molar-refractivity contribution >= 4 is 23.5 Å². The van der Waals surface area contributed by atoms with Crippen LogP contribution in [0.15, 0.2) is 36.8 Å². The first kappa shape index (κ1) is 15.6. The van der Waals surface area contributed by atoms with Crippen molar-refractivity contribution in [3.05, 3.63) is 53.1 Å². The average Bonchev–Trinajstić information content (AvgIpc) is 3.18. The standard InChI is InChI=1S/C16H16ClN3O3/c17-11-3-1-2-10(6-11)16(4-5-16)15(23)20-13(14(21)22)7-12-8-18-9-19-12/h1-3,6,8-9,13H,4-5,7H2,(H,18,19)(H,20,23)(H,21,22)/t13-/m1/s1. The van der Waals surface area contributed by atoms with Crippen LogP contribution in [0.2, 0.25) is 5.02 Å². The number of aromatic nitrogens is 2. The molecule has 1 saturated carbocycles. The number of hydrogen-bond acceptors (Lipinski definition) is 3. The molecule has 6 nitrogen and oxygen atoms in total. The number of rotatable bonds is 6. The highest BCUT2D eigenvalue weighted by atomic mass is 35.5. The van der Waals surface area contributed by atoms with Crippen molar-refractivity contribution in [1.82, 2.24) is 15.3 Å². The molecule has 1 aromatic heterocycles. The van der Waals surface area contributed by atoms with Gasteiger partial charge in [-0.15, -0.1) is 0 Å². The topological polar surface area (TPSA) is 95.1 Å². The molecule has 3 rings (SSSR count). The van der Waals surface area contributed by atoms with Crippen LogP contribution in [-0.4, -0.2) is 33.0 Å². The Bertz CT molecular complexity index is 726. The molecule has 0 aliphatic heterocycles. The number of H-pyrrole nitrogens is 1. The summed E-state index contributed by atoms with van der Waals surface area (Å²) < 4.78 is 0. The van der Waals surface area contributed by atoms with E-state index < -0.39 is 17.4 Å². The number of imidazole rings is 1. The predicted octanol–water partition coefficient (Wildman–Crippen LogP) is 1.91. The van der Waals surface area contributed by atoms with E-state index in [1.54, 1.807) is 24.4 Å². The van der Waals surface area contributed by atoms with Crippen LogP contribution in [0.1, 0.15) is 24.1 Å². The Morgan fingerprint density at radius 2 is 2.22 bits per heavy atom. The first-order chi connectivity index (χ1) is 11.0. The molecule has 1 fully saturated rings. The van der Waals surface area contributed by atoms with E-state index in [2.05, 4.69) is 15.3 Å². The first-order valence-corrected chi connectivity index (χ1v) is 7.66. The molecule has 3 N–H and O–H groups in total. The van der Waals surface area contributed by atoms with Crippen molar-refractivity contribution < 1.29 is 14.7 Å². The number of amides is 1. The van der Waals surface area contributed by atoms with Gasteiger partial charge >= 0.3 is 5.97 Å². The molecule has 0 bridgehead atoms. The highest BCUT2D eigenvalue weighted by molar-refractivity contribution is 6.30. The molecule has 7 heteroatoms. The summed E-state index contributed by atoms with van der Waals surface area (Å²) >= 11 is 6.00.